The SMILES string of the molecule is COc1ccc(CCC(=O)Nc2ccc(C(=O)Nc3nccs3)cc2)cc1. The van der Waals surface area contributed by atoms with E-state index in [0.29, 0.717) is 29.2 Å². The number of aromatic nitrogens is 1. The monoisotopic (exact) mass is 381 g/mol. The Morgan fingerprint density at radius 2 is 1.78 bits per heavy atom. The highest BCUT2D eigenvalue weighted by atomic mass is 32.1. The zero-order chi connectivity index (χ0) is 19.1. The molecular weight excluding hydrogens is 362 g/mol. The molecule has 0 fully saturated rings. The molecule has 3 aromatic rings. The van der Waals surface area contributed by atoms with Crippen LogP contribution in [0, 0.1) is 0 Å². The lowest BCUT2D eigenvalue weighted by Crippen LogP contribution is -2.14. The molecule has 0 bridgehead atoms. The van der Waals surface area contributed by atoms with Crippen molar-refractivity contribution in [3.8, 4) is 5.75 Å². The van der Waals surface area contributed by atoms with Crippen molar-refractivity contribution < 1.29 is 14.3 Å². The highest BCUT2D eigenvalue weighted by Crippen LogP contribution is 2.16. The van der Waals surface area contributed by atoms with Gasteiger partial charge in [0.05, 0.1) is 7.11 Å². The molecule has 6 nitrogen and oxygen atoms in total. The minimum atomic E-state index is -0.234. The molecule has 0 aliphatic carbocycles. The van der Waals surface area contributed by atoms with Gasteiger partial charge in [-0.1, -0.05) is 12.1 Å². The maximum absolute atomic E-state index is 12.1. The van der Waals surface area contributed by atoms with E-state index >= 15 is 0 Å². The first-order chi connectivity index (χ1) is 13.1. The molecule has 0 aliphatic rings. The van der Waals surface area contributed by atoms with Crippen LogP contribution in [0.5, 0.6) is 5.75 Å². The summed E-state index contributed by atoms with van der Waals surface area (Å²) in [6.45, 7) is 0. The number of aryl methyl sites for hydroxylation is 1. The number of thiazole rings is 1. The predicted molar refractivity (Wildman–Crippen MR) is 106 cm³/mol. The number of ether oxygens (including phenoxy) is 1. The first-order valence-corrected chi connectivity index (χ1v) is 9.26. The van der Waals surface area contributed by atoms with Crippen LogP contribution in [0.4, 0.5) is 10.8 Å². The maximum atomic E-state index is 12.1. The topological polar surface area (TPSA) is 80.3 Å². The molecule has 3 rings (SSSR count). The Hall–Kier alpha value is -3.19. The highest BCUT2D eigenvalue weighted by Gasteiger charge is 2.08. The maximum Gasteiger partial charge on any atom is 0.257 e. The number of rotatable bonds is 7. The number of nitrogens with zero attached hydrogens (tertiary/aromatic N) is 1. The number of hydrogen-bond acceptors (Lipinski definition) is 5. The van der Waals surface area contributed by atoms with Gasteiger partial charge >= 0.3 is 0 Å². The summed E-state index contributed by atoms with van der Waals surface area (Å²) in [5, 5.41) is 7.90. The van der Waals surface area contributed by atoms with Crippen LogP contribution in [-0.4, -0.2) is 23.9 Å². The van der Waals surface area contributed by atoms with Gasteiger partial charge < -0.3 is 10.1 Å². The minimum absolute atomic E-state index is 0.0780. The van der Waals surface area contributed by atoms with E-state index in [4.69, 9.17) is 4.74 Å². The van der Waals surface area contributed by atoms with Gasteiger partial charge in [-0.25, -0.2) is 4.98 Å². The summed E-state index contributed by atoms with van der Waals surface area (Å²) in [6.07, 6.45) is 2.65. The van der Waals surface area contributed by atoms with Gasteiger partial charge in [-0.2, -0.15) is 0 Å². The zero-order valence-electron chi connectivity index (χ0n) is 14.8. The van der Waals surface area contributed by atoms with Crippen LogP contribution in [0.2, 0.25) is 0 Å². The normalized spacial score (nSPS) is 10.3. The Labute approximate surface area is 161 Å². The Kier molecular flexibility index (Phi) is 6.17. The van der Waals surface area contributed by atoms with Crippen molar-refractivity contribution in [3.63, 3.8) is 0 Å². The number of nitrogens with one attached hydrogen (secondary N) is 2. The van der Waals surface area contributed by atoms with Crippen molar-refractivity contribution in [2.75, 3.05) is 17.7 Å². The van der Waals surface area contributed by atoms with E-state index < -0.39 is 0 Å². The van der Waals surface area contributed by atoms with E-state index in [2.05, 4.69) is 15.6 Å². The number of hydrogen-bond donors (Lipinski definition) is 2. The van der Waals surface area contributed by atoms with E-state index in [0.717, 1.165) is 11.3 Å². The van der Waals surface area contributed by atoms with Crippen LogP contribution >= 0.6 is 11.3 Å². The number of carbonyl (C=O) groups is 2. The van der Waals surface area contributed by atoms with Gasteiger partial charge in [0.25, 0.3) is 5.91 Å². The van der Waals surface area contributed by atoms with E-state index in [1.807, 2.05) is 24.3 Å². The van der Waals surface area contributed by atoms with Crippen LogP contribution < -0.4 is 15.4 Å². The molecule has 7 heteroatoms. The third-order valence-corrected chi connectivity index (χ3v) is 4.57. The Morgan fingerprint density at radius 1 is 1.04 bits per heavy atom. The minimum Gasteiger partial charge on any atom is -0.497 e. The van der Waals surface area contributed by atoms with Gasteiger partial charge in [0.1, 0.15) is 5.75 Å². The van der Waals surface area contributed by atoms with Gasteiger partial charge in [0.15, 0.2) is 5.13 Å². The third kappa shape index (κ3) is 5.39. The zero-order valence-corrected chi connectivity index (χ0v) is 15.6. The van der Waals surface area contributed by atoms with E-state index in [9.17, 15) is 9.59 Å². The lowest BCUT2D eigenvalue weighted by Gasteiger charge is -2.07. The Bertz CT molecular complexity index is 891. The summed E-state index contributed by atoms with van der Waals surface area (Å²) in [5.41, 5.74) is 2.22. The molecule has 2 N–H and O–H groups in total. The van der Waals surface area contributed by atoms with E-state index in [1.165, 1.54) is 11.3 Å². The van der Waals surface area contributed by atoms with Gasteiger partial charge in [-0.3, -0.25) is 14.9 Å². The van der Waals surface area contributed by atoms with E-state index in [1.54, 1.807) is 43.0 Å². The molecule has 1 heterocycles. The molecule has 27 heavy (non-hydrogen) atoms. The van der Waals surface area contributed by atoms with Crippen molar-refractivity contribution in [3.05, 3.63) is 71.2 Å². The smallest absolute Gasteiger partial charge is 0.257 e. The van der Waals surface area contributed by atoms with Crippen molar-refractivity contribution in [1.82, 2.24) is 4.98 Å². The second kappa shape index (κ2) is 8.95. The molecule has 138 valence electrons. The second-order valence-corrected chi connectivity index (χ2v) is 6.66. The summed E-state index contributed by atoms with van der Waals surface area (Å²) in [7, 11) is 1.62. The molecule has 0 atom stereocenters. The van der Waals surface area contributed by atoms with Crippen LogP contribution in [0.15, 0.2) is 60.1 Å². The molecule has 0 aliphatic heterocycles. The van der Waals surface area contributed by atoms with Crippen molar-refractivity contribution in [1.29, 1.82) is 0 Å². The molecule has 0 spiro atoms. The molecular formula is C20H19N3O3S. The summed E-state index contributed by atoms with van der Waals surface area (Å²) in [5.74, 6) is 0.482. The number of amides is 2. The quantitative estimate of drug-likeness (QED) is 0.649. The fraction of sp³-hybridized carbons (Fsp3) is 0.150. The average Bonchev–Trinajstić information content (AvgIpc) is 3.20. The molecule has 2 amide bonds. The summed E-state index contributed by atoms with van der Waals surface area (Å²) in [4.78, 5) is 28.2. The summed E-state index contributed by atoms with van der Waals surface area (Å²) >= 11 is 1.36. The van der Waals surface area contributed by atoms with Crippen molar-refractivity contribution in [2.24, 2.45) is 0 Å². The number of benzene rings is 2. The van der Waals surface area contributed by atoms with E-state index in [-0.39, 0.29) is 11.8 Å². The Morgan fingerprint density at radius 3 is 2.41 bits per heavy atom. The number of methoxy groups -OCH3 is 1. The van der Waals surface area contributed by atoms with Crippen molar-refractivity contribution in [2.45, 2.75) is 12.8 Å². The van der Waals surface area contributed by atoms with Gasteiger partial charge in [0, 0.05) is 29.2 Å². The van der Waals surface area contributed by atoms with Gasteiger partial charge in [-0.05, 0) is 48.4 Å². The molecule has 0 unspecified atom stereocenters. The van der Waals surface area contributed by atoms with Crippen molar-refractivity contribution >= 4 is 34.0 Å². The first-order valence-electron chi connectivity index (χ1n) is 8.38. The highest BCUT2D eigenvalue weighted by molar-refractivity contribution is 7.13. The fourth-order valence-corrected chi connectivity index (χ4v) is 2.96. The third-order valence-electron chi connectivity index (χ3n) is 3.88. The van der Waals surface area contributed by atoms with Crippen LogP contribution in [0.1, 0.15) is 22.3 Å². The predicted octanol–water partition coefficient (Wildman–Crippen LogP) is 3.98. The van der Waals surface area contributed by atoms with Gasteiger partial charge in [-0.15, -0.1) is 11.3 Å². The van der Waals surface area contributed by atoms with Crippen LogP contribution in [0.3, 0.4) is 0 Å². The standard InChI is InChI=1S/C20H19N3O3S/c1-26-17-9-2-14(3-10-17)4-11-18(24)22-16-7-5-15(6-8-16)19(25)23-20-21-12-13-27-20/h2-3,5-10,12-13H,4,11H2,1H3,(H,22,24)(H,21,23,25). The molecule has 0 radical (unpaired) electrons. The summed E-state index contributed by atoms with van der Waals surface area (Å²) < 4.78 is 5.12. The van der Waals surface area contributed by atoms with Crippen LogP contribution in [0.25, 0.3) is 0 Å². The average molecular weight is 381 g/mol. The first kappa shape index (κ1) is 18.6. The number of anilines is 2. The molecule has 0 saturated heterocycles. The van der Waals surface area contributed by atoms with Crippen LogP contribution in [-0.2, 0) is 11.2 Å². The lowest BCUT2D eigenvalue weighted by molar-refractivity contribution is -0.116. The Balaban J connectivity index is 1.49. The molecule has 2 aromatic carbocycles. The molecule has 0 saturated carbocycles. The fourth-order valence-electron chi connectivity index (χ4n) is 2.43. The summed E-state index contributed by atoms with van der Waals surface area (Å²) in [6, 6.07) is 14.4. The second-order valence-electron chi connectivity index (χ2n) is 5.76. The largest absolute Gasteiger partial charge is 0.497 e. The number of carbonyl (C=O) groups excluding carboxylic acids is 2. The lowest BCUT2D eigenvalue weighted by atomic mass is 10.1. The van der Waals surface area contributed by atoms with Gasteiger partial charge in [0.2, 0.25) is 5.91 Å². The molecule has 1 aromatic heterocycles.